The van der Waals surface area contributed by atoms with E-state index in [1.807, 2.05) is 27.7 Å². The Morgan fingerprint density at radius 3 is 1.38 bits per heavy atom. The van der Waals surface area contributed by atoms with E-state index in [0.29, 0.717) is 0 Å². The molecular formula is C13H32. The van der Waals surface area contributed by atoms with Crippen molar-refractivity contribution in [3.8, 4) is 0 Å². The van der Waals surface area contributed by atoms with Gasteiger partial charge in [-0.15, -0.1) is 0 Å². The molecule has 0 unspecified atom stereocenters. The van der Waals surface area contributed by atoms with Gasteiger partial charge in [0.05, 0.1) is 0 Å². The first-order chi connectivity index (χ1) is 5.77. The van der Waals surface area contributed by atoms with Gasteiger partial charge < -0.3 is 0 Å². The third-order valence-corrected chi connectivity index (χ3v) is 2.66. The molecule has 13 heavy (non-hydrogen) atoms. The van der Waals surface area contributed by atoms with E-state index < -0.39 is 0 Å². The van der Waals surface area contributed by atoms with Crippen LogP contribution in [0.25, 0.3) is 0 Å². The van der Waals surface area contributed by atoms with Crippen LogP contribution in [0.1, 0.15) is 81.1 Å². The van der Waals surface area contributed by atoms with E-state index in [9.17, 15) is 0 Å². The Kier molecular flexibility index (Phi) is 17.3. The molecule has 0 saturated heterocycles. The summed E-state index contributed by atoms with van der Waals surface area (Å²) >= 11 is 0. The zero-order valence-corrected chi connectivity index (χ0v) is 10.0. The molecule has 0 aromatic heterocycles. The van der Waals surface area contributed by atoms with Gasteiger partial charge in [-0.2, -0.15) is 0 Å². The molecule has 0 atom stereocenters. The number of hydrogen-bond acceptors (Lipinski definition) is 0. The summed E-state index contributed by atoms with van der Waals surface area (Å²) in [6, 6.07) is 0. The minimum Gasteiger partial charge on any atom is -0.0776 e. The van der Waals surface area contributed by atoms with E-state index in [4.69, 9.17) is 0 Å². The largest absolute Gasteiger partial charge is 0.0776 e. The van der Waals surface area contributed by atoms with Crippen LogP contribution in [0.2, 0.25) is 0 Å². The molecule has 0 aliphatic heterocycles. The summed E-state index contributed by atoms with van der Waals surface area (Å²) in [5, 5.41) is 0. The second kappa shape index (κ2) is 12.0. The molecule has 0 aromatic carbocycles. The van der Waals surface area contributed by atoms with Gasteiger partial charge >= 0.3 is 0 Å². The predicted molar refractivity (Wildman–Crippen MR) is 66.3 cm³/mol. The van der Waals surface area contributed by atoms with Crippen molar-refractivity contribution in [1.82, 2.24) is 0 Å². The summed E-state index contributed by atoms with van der Waals surface area (Å²) in [6.45, 7) is 12.7. The highest BCUT2D eigenvalue weighted by Gasteiger charge is 2.25. The van der Waals surface area contributed by atoms with Crippen LogP contribution in [0.3, 0.4) is 0 Å². The lowest BCUT2D eigenvalue weighted by Crippen LogP contribution is -2.07. The minimum absolute atomic E-state index is 0. The van der Waals surface area contributed by atoms with Crippen molar-refractivity contribution in [3.63, 3.8) is 0 Å². The Bertz CT molecular complexity index is 68.1. The Hall–Kier alpha value is 0. The van der Waals surface area contributed by atoms with Gasteiger partial charge in [-0.1, -0.05) is 68.2 Å². The van der Waals surface area contributed by atoms with E-state index in [0.717, 1.165) is 5.41 Å². The molecule has 0 aromatic rings. The molecule has 0 amide bonds. The van der Waals surface area contributed by atoms with Crippen LogP contribution in [0, 0.1) is 5.41 Å². The van der Waals surface area contributed by atoms with Crippen LogP contribution in [-0.4, -0.2) is 0 Å². The van der Waals surface area contributed by atoms with E-state index in [-0.39, 0.29) is 7.43 Å². The molecule has 1 saturated carbocycles. The van der Waals surface area contributed by atoms with Crippen molar-refractivity contribution < 1.29 is 0 Å². The summed E-state index contributed by atoms with van der Waals surface area (Å²) in [4.78, 5) is 0. The topological polar surface area (TPSA) is 0 Å². The van der Waals surface area contributed by atoms with Crippen LogP contribution in [0.4, 0.5) is 0 Å². The molecule has 0 N–H and O–H groups in total. The number of hydrogen-bond donors (Lipinski definition) is 0. The summed E-state index contributed by atoms with van der Waals surface area (Å²) in [5.41, 5.74) is 0.736. The minimum atomic E-state index is 0. The van der Waals surface area contributed by atoms with Crippen molar-refractivity contribution in [2.75, 3.05) is 0 Å². The maximum atomic E-state index is 2.42. The first-order valence-electron chi connectivity index (χ1n) is 5.77. The van der Waals surface area contributed by atoms with Gasteiger partial charge in [0.25, 0.3) is 0 Å². The number of rotatable bonds is 1. The van der Waals surface area contributed by atoms with Crippen LogP contribution in [-0.2, 0) is 0 Å². The van der Waals surface area contributed by atoms with E-state index in [1.165, 1.54) is 32.1 Å². The molecule has 1 aliphatic rings. The van der Waals surface area contributed by atoms with Crippen LogP contribution in [0.15, 0.2) is 0 Å². The molecular weight excluding hydrogens is 156 g/mol. The average Bonchev–Trinajstić information content (AvgIpc) is 2.60. The summed E-state index contributed by atoms with van der Waals surface area (Å²) in [7, 11) is 0. The molecule has 0 spiro atoms. The van der Waals surface area contributed by atoms with Crippen molar-refractivity contribution >= 4 is 0 Å². The highest BCUT2D eigenvalue weighted by Crippen LogP contribution is 2.39. The molecule has 1 fully saturated rings. The van der Waals surface area contributed by atoms with Gasteiger partial charge in [-0.3, -0.25) is 0 Å². The smallest absolute Gasteiger partial charge is 0.0328 e. The quantitative estimate of drug-likeness (QED) is 0.497. The normalized spacial score (nSPS) is 17.1. The average molecular weight is 188 g/mol. The van der Waals surface area contributed by atoms with Gasteiger partial charge in [-0.25, -0.2) is 0 Å². The van der Waals surface area contributed by atoms with Gasteiger partial charge in [-0.05, 0) is 18.3 Å². The third-order valence-electron chi connectivity index (χ3n) is 2.66. The standard InChI is InChI=1S/C8H16.2C2H6.CH4/c1-3-8(2)6-4-5-7-8;2*1-2;/h3-7H2,1-2H3;2*1-2H3;1H4. The van der Waals surface area contributed by atoms with Crippen molar-refractivity contribution in [2.24, 2.45) is 5.41 Å². The van der Waals surface area contributed by atoms with Crippen LogP contribution >= 0.6 is 0 Å². The fraction of sp³-hybridized carbons (Fsp3) is 1.00. The molecule has 0 nitrogen and oxygen atoms in total. The molecule has 1 rings (SSSR count). The zero-order chi connectivity index (χ0) is 10.0. The Morgan fingerprint density at radius 2 is 1.23 bits per heavy atom. The second-order valence-corrected chi connectivity index (χ2v) is 3.37. The lowest BCUT2D eigenvalue weighted by molar-refractivity contribution is 0.323. The Morgan fingerprint density at radius 1 is 0.923 bits per heavy atom. The lowest BCUT2D eigenvalue weighted by Gasteiger charge is -2.19. The van der Waals surface area contributed by atoms with E-state index >= 15 is 0 Å². The van der Waals surface area contributed by atoms with Gasteiger partial charge in [0.1, 0.15) is 0 Å². The lowest BCUT2D eigenvalue weighted by atomic mass is 9.86. The van der Waals surface area contributed by atoms with Crippen molar-refractivity contribution in [1.29, 1.82) is 0 Å². The van der Waals surface area contributed by atoms with Crippen LogP contribution < -0.4 is 0 Å². The highest BCUT2D eigenvalue weighted by molar-refractivity contribution is 4.78. The predicted octanol–water partition coefficient (Wildman–Crippen LogP) is 5.67. The van der Waals surface area contributed by atoms with Gasteiger partial charge in [0.15, 0.2) is 0 Å². The molecule has 0 radical (unpaired) electrons. The Labute approximate surface area is 87.1 Å². The van der Waals surface area contributed by atoms with Gasteiger partial charge in [0, 0.05) is 0 Å². The third kappa shape index (κ3) is 8.33. The van der Waals surface area contributed by atoms with Crippen molar-refractivity contribution in [2.45, 2.75) is 81.1 Å². The fourth-order valence-electron chi connectivity index (χ4n) is 1.58. The molecule has 0 heterocycles. The molecule has 0 heteroatoms. The molecule has 84 valence electrons. The maximum Gasteiger partial charge on any atom is -0.0328 e. The van der Waals surface area contributed by atoms with Crippen LogP contribution in [0.5, 0.6) is 0 Å². The van der Waals surface area contributed by atoms with Crippen molar-refractivity contribution in [3.05, 3.63) is 0 Å². The SMILES string of the molecule is C.CC.CC.CCC1(C)CCCC1. The van der Waals surface area contributed by atoms with Gasteiger partial charge in [0.2, 0.25) is 0 Å². The highest BCUT2D eigenvalue weighted by atomic mass is 14.3. The van der Waals surface area contributed by atoms with E-state index in [1.54, 1.807) is 0 Å². The Balaban J connectivity index is -0.000000178. The first kappa shape index (κ1) is 18.7. The summed E-state index contributed by atoms with van der Waals surface area (Å²) in [6.07, 6.45) is 7.29. The maximum absolute atomic E-state index is 2.42. The molecule has 1 aliphatic carbocycles. The second-order valence-electron chi connectivity index (χ2n) is 3.37. The van der Waals surface area contributed by atoms with E-state index in [2.05, 4.69) is 13.8 Å². The monoisotopic (exact) mass is 188 g/mol. The zero-order valence-electron chi connectivity index (χ0n) is 10.0. The summed E-state index contributed by atoms with van der Waals surface area (Å²) < 4.78 is 0. The first-order valence-corrected chi connectivity index (χ1v) is 5.77. The fourth-order valence-corrected chi connectivity index (χ4v) is 1.58. The molecule has 0 bridgehead atoms. The summed E-state index contributed by atoms with van der Waals surface area (Å²) in [5.74, 6) is 0.